The Balaban J connectivity index is 1.57. The van der Waals surface area contributed by atoms with Gasteiger partial charge < -0.3 is 10.4 Å². The Morgan fingerprint density at radius 1 is 1.00 bits per heavy atom. The highest BCUT2D eigenvalue weighted by Gasteiger charge is 2.13. The molecule has 132 valence electrons. The van der Waals surface area contributed by atoms with Crippen LogP contribution < -0.4 is 5.32 Å². The maximum atomic E-state index is 11.1. The average Bonchev–Trinajstić information content (AvgIpc) is 2.69. The van der Waals surface area contributed by atoms with Gasteiger partial charge in [0.05, 0.1) is 5.92 Å². The first-order valence-corrected chi connectivity index (χ1v) is 8.65. The highest BCUT2D eigenvalue weighted by Crippen LogP contribution is 2.19. The number of aromatic nitrogens is 1. The molecule has 1 atom stereocenters. The quantitative estimate of drug-likeness (QED) is 0.672. The van der Waals surface area contributed by atoms with Crippen LogP contribution in [0.1, 0.15) is 29.5 Å². The van der Waals surface area contributed by atoms with E-state index in [1.165, 1.54) is 5.56 Å². The van der Waals surface area contributed by atoms with Gasteiger partial charge in [-0.05, 0) is 40.8 Å². The minimum absolute atomic E-state index is 0.491. The summed E-state index contributed by atoms with van der Waals surface area (Å²) in [6.07, 6.45) is 3.63. The zero-order chi connectivity index (χ0) is 18.4. The van der Waals surface area contributed by atoms with Crippen LogP contribution in [0.4, 0.5) is 0 Å². The van der Waals surface area contributed by atoms with E-state index in [1.807, 2.05) is 42.6 Å². The van der Waals surface area contributed by atoms with Crippen molar-refractivity contribution in [3.63, 3.8) is 0 Å². The molecule has 0 aliphatic carbocycles. The average molecular weight is 346 g/mol. The van der Waals surface area contributed by atoms with Crippen LogP contribution in [0.2, 0.25) is 0 Å². The van der Waals surface area contributed by atoms with E-state index in [-0.39, 0.29) is 0 Å². The van der Waals surface area contributed by atoms with Crippen LogP contribution in [0, 0.1) is 0 Å². The Bertz CT molecular complexity index is 861. The molecule has 2 N–H and O–H groups in total. The molecule has 0 fully saturated rings. The predicted molar refractivity (Wildman–Crippen MR) is 103 cm³/mol. The minimum atomic E-state index is -0.802. The molecule has 0 bridgehead atoms. The van der Waals surface area contributed by atoms with Crippen molar-refractivity contribution in [2.24, 2.45) is 0 Å². The van der Waals surface area contributed by atoms with Gasteiger partial charge in [0.25, 0.3) is 0 Å². The van der Waals surface area contributed by atoms with Crippen molar-refractivity contribution in [3.8, 4) is 11.1 Å². The summed E-state index contributed by atoms with van der Waals surface area (Å²) in [6.45, 7) is 3.16. The molecule has 4 heteroatoms. The first-order valence-electron chi connectivity index (χ1n) is 8.65. The Morgan fingerprint density at radius 3 is 2.46 bits per heavy atom. The number of benzene rings is 2. The first-order chi connectivity index (χ1) is 12.6. The fraction of sp³-hybridized carbons (Fsp3) is 0.182. The van der Waals surface area contributed by atoms with E-state index in [9.17, 15) is 4.79 Å². The molecular formula is C22H22N2O2. The SMILES string of the molecule is CC(C(=O)O)c1cccc(CNCc2ccc(-c3cccnc3)cc2)c1. The van der Waals surface area contributed by atoms with Gasteiger partial charge in [0, 0.05) is 25.5 Å². The third-order valence-electron chi connectivity index (χ3n) is 4.43. The van der Waals surface area contributed by atoms with Crippen molar-refractivity contribution >= 4 is 5.97 Å². The summed E-state index contributed by atoms with van der Waals surface area (Å²) in [4.78, 5) is 15.3. The van der Waals surface area contributed by atoms with E-state index in [1.54, 1.807) is 13.1 Å². The zero-order valence-corrected chi connectivity index (χ0v) is 14.7. The smallest absolute Gasteiger partial charge is 0.310 e. The van der Waals surface area contributed by atoms with E-state index in [0.29, 0.717) is 6.54 Å². The Labute approximate surface area is 153 Å². The molecule has 0 aliphatic heterocycles. The second-order valence-corrected chi connectivity index (χ2v) is 6.35. The summed E-state index contributed by atoms with van der Waals surface area (Å²) < 4.78 is 0. The van der Waals surface area contributed by atoms with Crippen molar-refractivity contribution in [3.05, 3.63) is 89.7 Å². The Kier molecular flexibility index (Phi) is 5.77. The molecule has 0 aliphatic rings. The summed E-state index contributed by atoms with van der Waals surface area (Å²) in [5, 5.41) is 12.5. The summed E-state index contributed by atoms with van der Waals surface area (Å²) in [7, 11) is 0. The highest BCUT2D eigenvalue weighted by atomic mass is 16.4. The maximum Gasteiger partial charge on any atom is 0.310 e. The van der Waals surface area contributed by atoms with Crippen molar-refractivity contribution < 1.29 is 9.90 Å². The lowest BCUT2D eigenvalue weighted by molar-refractivity contribution is -0.138. The lowest BCUT2D eigenvalue weighted by atomic mass is 9.99. The van der Waals surface area contributed by atoms with Crippen LogP contribution in [-0.2, 0) is 17.9 Å². The van der Waals surface area contributed by atoms with Crippen LogP contribution in [0.15, 0.2) is 73.1 Å². The normalized spacial score (nSPS) is 11.9. The second-order valence-electron chi connectivity index (χ2n) is 6.35. The Hall–Kier alpha value is -2.98. The molecule has 26 heavy (non-hydrogen) atoms. The molecule has 3 rings (SSSR count). The molecule has 3 aromatic rings. The largest absolute Gasteiger partial charge is 0.481 e. The number of nitrogens with one attached hydrogen (secondary N) is 1. The van der Waals surface area contributed by atoms with Crippen molar-refractivity contribution in [1.82, 2.24) is 10.3 Å². The van der Waals surface area contributed by atoms with Crippen molar-refractivity contribution in [2.45, 2.75) is 25.9 Å². The van der Waals surface area contributed by atoms with Crippen LogP contribution >= 0.6 is 0 Å². The molecule has 0 spiro atoms. The number of rotatable bonds is 7. The van der Waals surface area contributed by atoms with Gasteiger partial charge in [-0.1, -0.05) is 54.6 Å². The number of carbonyl (C=O) groups is 1. The number of pyridine rings is 1. The van der Waals surface area contributed by atoms with Crippen molar-refractivity contribution in [1.29, 1.82) is 0 Å². The van der Waals surface area contributed by atoms with Gasteiger partial charge >= 0.3 is 5.97 Å². The second kappa shape index (κ2) is 8.41. The van der Waals surface area contributed by atoms with Crippen LogP contribution in [0.5, 0.6) is 0 Å². The molecule has 1 aromatic heterocycles. The maximum absolute atomic E-state index is 11.1. The molecule has 4 nitrogen and oxygen atoms in total. The third-order valence-corrected chi connectivity index (χ3v) is 4.43. The minimum Gasteiger partial charge on any atom is -0.481 e. The summed E-state index contributed by atoms with van der Waals surface area (Å²) in [6, 6.07) is 20.1. The van der Waals surface area contributed by atoms with Gasteiger partial charge in [-0.25, -0.2) is 0 Å². The molecule has 1 heterocycles. The number of carboxylic acids is 1. The van der Waals surface area contributed by atoms with Crippen LogP contribution in [-0.4, -0.2) is 16.1 Å². The summed E-state index contributed by atoms with van der Waals surface area (Å²) in [5.74, 6) is -1.29. The van der Waals surface area contributed by atoms with E-state index in [0.717, 1.165) is 28.8 Å². The molecule has 2 aromatic carbocycles. The van der Waals surface area contributed by atoms with Crippen molar-refractivity contribution in [2.75, 3.05) is 0 Å². The molecule has 0 radical (unpaired) electrons. The van der Waals surface area contributed by atoms with Gasteiger partial charge in [0.15, 0.2) is 0 Å². The van der Waals surface area contributed by atoms with E-state index >= 15 is 0 Å². The first kappa shape index (κ1) is 17.8. The van der Waals surface area contributed by atoms with Gasteiger partial charge in [-0.2, -0.15) is 0 Å². The number of carboxylic acid groups (broad SMARTS) is 1. The van der Waals surface area contributed by atoms with Gasteiger partial charge in [0.2, 0.25) is 0 Å². The number of aliphatic carboxylic acids is 1. The standard InChI is InChI=1S/C22H22N2O2/c1-16(22(25)26)20-5-2-4-18(12-20)14-24-13-17-7-9-19(10-8-17)21-6-3-11-23-15-21/h2-12,15-16,24H,13-14H2,1H3,(H,25,26). The van der Waals surface area contributed by atoms with E-state index in [4.69, 9.17) is 5.11 Å². The monoisotopic (exact) mass is 346 g/mol. The number of hydrogen-bond acceptors (Lipinski definition) is 3. The van der Waals surface area contributed by atoms with E-state index < -0.39 is 11.9 Å². The zero-order valence-electron chi connectivity index (χ0n) is 14.7. The summed E-state index contributed by atoms with van der Waals surface area (Å²) >= 11 is 0. The fourth-order valence-electron chi connectivity index (χ4n) is 2.81. The predicted octanol–water partition coefficient (Wildman–Crippen LogP) is 4.23. The summed E-state index contributed by atoms with van der Waals surface area (Å²) in [5.41, 5.74) is 5.38. The lowest BCUT2D eigenvalue weighted by Crippen LogP contribution is -2.13. The molecule has 0 saturated heterocycles. The third kappa shape index (κ3) is 4.55. The Morgan fingerprint density at radius 2 is 1.77 bits per heavy atom. The van der Waals surface area contributed by atoms with Crippen LogP contribution in [0.25, 0.3) is 11.1 Å². The van der Waals surface area contributed by atoms with Gasteiger partial charge in [-0.15, -0.1) is 0 Å². The highest BCUT2D eigenvalue weighted by molar-refractivity contribution is 5.75. The van der Waals surface area contributed by atoms with Crippen LogP contribution in [0.3, 0.4) is 0 Å². The lowest BCUT2D eigenvalue weighted by Gasteiger charge is -2.10. The molecule has 0 saturated carbocycles. The fourth-order valence-corrected chi connectivity index (χ4v) is 2.81. The van der Waals surface area contributed by atoms with Gasteiger partial charge in [-0.3, -0.25) is 9.78 Å². The number of nitrogens with zero attached hydrogens (tertiary/aromatic N) is 1. The molecular weight excluding hydrogens is 324 g/mol. The topological polar surface area (TPSA) is 62.2 Å². The number of hydrogen-bond donors (Lipinski definition) is 2. The molecule has 0 amide bonds. The van der Waals surface area contributed by atoms with E-state index in [2.05, 4.69) is 34.6 Å². The molecule has 1 unspecified atom stereocenters. The van der Waals surface area contributed by atoms with Gasteiger partial charge in [0.1, 0.15) is 0 Å².